The van der Waals surface area contributed by atoms with E-state index in [-0.39, 0.29) is 63.2 Å². The van der Waals surface area contributed by atoms with E-state index in [1.165, 1.54) is 183 Å². The third-order valence-corrected chi connectivity index (χ3v) is 23.6. The molecular formula is C84H66B7N3. The Hall–Kier alpha value is -9.51. The molecule has 0 aromatic heterocycles. The molecule has 21 rings (SSSR count). The first-order valence-electron chi connectivity index (χ1n) is 34.5. The molecule has 0 saturated heterocycles. The molecule has 12 aromatic carbocycles. The van der Waals surface area contributed by atoms with Gasteiger partial charge in [-0.2, -0.15) is 0 Å². The maximum absolute atomic E-state index is 2.92. The molecule has 0 spiro atoms. The summed E-state index contributed by atoms with van der Waals surface area (Å²) in [6.07, 6.45) is 0. The Bertz CT molecular complexity index is 4550. The van der Waals surface area contributed by atoms with E-state index in [2.05, 4.69) is 314 Å². The monoisotopic (exact) mass is 1190 g/mol. The lowest BCUT2D eigenvalue weighted by atomic mass is 9.20. The maximum atomic E-state index is 2.92. The molecule has 94 heavy (non-hydrogen) atoms. The van der Waals surface area contributed by atoms with Crippen molar-refractivity contribution in [2.24, 2.45) is 0 Å². The van der Waals surface area contributed by atoms with Gasteiger partial charge in [-0.25, -0.2) is 0 Å². The first-order valence-corrected chi connectivity index (χ1v) is 34.5. The van der Waals surface area contributed by atoms with Gasteiger partial charge in [0.05, 0.1) is 0 Å². The summed E-state index contributed by atoms with van der Waals surface area (Å²) >= 11 is 0. The SMILES string of the molecule is CC(C)(C)c1cc2c3c(c1)B(c1ccccc1)c1cc4c5c6c1N3c1c(cc3c7c1B6c1c6c(cc8c1N5c1c(cc(C(C)(C)C)cc1B8c1ccccc1)B4c1ccccc1)B(c1ccccc1)c1cc(C(C)(C)C)cc(c1N76)B3c1ccccc1)B2c1ccccc1. The minimum absolute atomic E-state index is 0.0570. The second-order valence-corrected chi connectivity index (χ2v) is 31.8. The second-order valence-electron chi connectivity index (χ2n) is 31.8. The van der Waals surface area contributed by atoms with Gasteiger partial charge in [0.2, 0.25) is 40.3 Å². The summed E-state index contributed by atoms with van der Waals surface area (Å²) in [6, 6.07) is 94.4. The number of anilines is 9. The van der Waals surface area contributed by atoms with Crippen molar-refractivity contribution in [3.63, 3.8) is 0 Å². The molecule has 9 heterocycles. The lowest BCUT2D eigenvalue weighted by molar-refractivity contribution is 0.591. The summed E-state index contributed by atoms with van der Waals surface area (Å²) < 4.78 is 0. The maximum Gasteiger partial charge on any atom is 0.257 e. The number of hydrogen-bond acceptors (Lipinski definition) is 3. The Balaban J connectivity index is 1.03. The molecule has 12 aromatic rings. The van der Waals surface area contributed by atoms with E-state index in [9.17, 15) is 0 Å². The van der Waals surface area contributed by atoms with E-state index in [0.29, 0.717) is 0 Å². The van der Waals surface area contributed by atoms with Crippen LogP contribution in [0.1, 0.15) is 79.0 Å². The zero-order valence-corrected chi connectivity index (χ0v) is 54.9. The van der Waals surface area contributed by atoms with Crippen molar-refractivity contribution in [3.05, 3.63) is 253 Å². The average molecular weight is 1190 g/mol. The molecule has 438 valence electrons. The van der Waals surface area contributed by atoms with Crippen LogP contribution < -0.4 is 129 Å². The summed E-state index contributed by atoms with van der Waals surface area (Å²) in [5.74, 6) is 0. The lowest BCUT2D eigenvalue weighted by Crippen LogP contribution is -2.80. The molecule has 0 radical (unpaired) electrons. The quantitative estimate of drug-likeness (QED) is 0.229. The van der Waals surface area contributed by atoms with Crippen molar-refractivity contribution in [2.75, 3.05) is 14.7 Å². The van der Waals surface area contributed by atoms with E-state index in [1.54, 1.807) is 0 Å². The predicted molar refractivity (Wildman–Crippen MR) is 411 cm³/mol. The molecule has 10 heteroatoms. The molecule has 0 N–H and O–H groups in total. The third-order valence-electron chi connectivity index (χ3n) is 23.6. The van der Waals surface area contributed by atoms with Gasteiger partial charge in [0.25, 0.3) is 6.71 Å². The van der Waals surface area contributed by atoms with E-state index < -0.39 is 0 Å². The van der Waals surface area contributed by atoms with Crippen LogP contribution in [0.5, 0.6) is 0 Å². The van der Waals surface area contributed by atoms with Gasteiger partial charge in [-0.05, 0) is 115 Å². The molecule has 0 atom stereocenters. The van der Waals surface area contributed by atoms with Crippen LogP contribution in [0.25, 0.3) is 0 Å². The number of benzene rings is 12. The Morgan fingerprint density at radius 3 is 0.511 bits per heavy atom. The first kappa shape index (κ1) is 53.9. The molecule has 0 unspecified atom stereocenters. The fraction of sp³-hybridized carbons (Fsp3) is 0.143. The number of nitrogens with zero attached hydrogens (tertiary/aromatic N) is 3. The Kier molecular flexibility index (Phi) is 10.5. The molecule has 0 amide bonds. The fourth-order valence-corrected chi connectivity index (χ4v) is 19.7. The van der Waals surface area contributed by atoms with E-state index in [1.807, 2.05) is 0 Å². The molecule has 0 fully saturated rings. The van der Waals surface area contributed by atoms with Crippen LogP contribution in [-0.4, -0.2) is 47.0 Å². The highest BCUT2D eigenvalue weighted by Crippen LogP contribution is 2.53. The minimum Gasteiger partial charge on any atom is -0.313 e. The van der Waals surface area contributed by atoms with Gasteiger partial charge in [0.15, 0.2) is 0 Å². The number of rotatable bonds is 6. The highest BCUT2D eigenvalue weighted by molar-refractivity contribution is 7.14. The molecule has 0 saturated carbocycles. The summed E-state index contributed by atoms with van der Waals surface area (Å²) in [5.41, 5.74) is 45.5. The van der Waals surface area contributed by atoms with Gasteiger partial charge in [0.1, 0.15) is 0 Å². The smallest absolute Gasteiger partial charge is 0.257 e. The molecule has 9 aliphatic rings. The highest BCUT2D eigenvalue weighted by atomic mass is 15.2. The van der Waals surface area contributed by atoms with Crippen molar-refractivity contribution >= 4 is 213 Å². The van der Waals surface area contributed by atoms with Gasteiger partial charge in [-0.15, -0.1) is 0 Å². The second kappa shape index (κ2) is 18.2. The van der Waals surface area contributed by atoms with Crippen LogP contribution in [0.15, 0.2) is 237 Å². The fourth-order valence-electron chi connectivity index (χ4n) is 19.7. The van der Waals surface area contributed by atoms with E-state index in [0.717, 1.165) is 0 Å². The van der Waals surface area contributed by atoms with Crippen LogP contribution in [0.3, 0.4) is 0 Å². The van der Waals surface area contributed by atoms with Crippen molar-refractivity contribution in [1.29, 1.82) is 0 Å². The Morgan fingerprint density at radius 1 is 0.191 bits per heavy atom. The van der Waals surface area contributed by atoms with Crippen LogP contribution in [0.2, 0.25) is 0 Å². The van der Waals surface area contributed by atoms with Gasteiger partial charge < -0.3 is 14.7 Å². The van der Waals surface area contributed by atoms with Crippen molar-refractivity contribution in [1.82, 2.24) is 0 Å². The van der Waals surface area contributed by atoms with Crippen molar-refractivity contribution in [2.45, 2.75) is 78.6 Å². The van der Waals surface area contributed by atoms with Gasteiger partial charge in [-0.1, -0.05) is 332 Å². The van der Waals surface area contributed by atoms with Crippen LogP contribution in [0, 0.1) is 0 Å². The number of hydrogen-bond donors (Lipinski definition) is 0. The predicted octanol–water partition coefficient (Wildman–Crippen LogP) is 4.42. The largest absolute Gasteiger partial charge is 0.313 e. The molecule has 9 aliphatic heterocycles. The molecule has 0 bridgehead atoms. The van der Waals surface area contributed by atoms with Crippen LogP contribution in [0.4, 0.5) is 51.2 Å². The zero-order valence-electron chi connectivity index (χ0n) is 54.9. The third kappa shape index (κ3) is 6.77. The zero-order chi connectivity index (χ0) is 62.9. The molecule has 3 nitrogen and oxygen atoms in total. The van der Waals surface area contributed by atoms with Crippen molar-refractivity contribution < 1.29 is 0 Å². The Labute approximate surface area is 555 Å². The van der Waals surface area contributed by atoms with Gasteiger partial charge >= 0.3 is 0 Å². The molecule has 0 aliphatic carbocycles. The summed E-state index contributed by atoms with van der Waals surface area (Å²) in [4.78, 5) is 8.76. The van der Waals surface area contributed by atoms with Gasteiger partial charge in [-0.3, -0.25) is 0 Å². The van der Waals surface area contributed by atoms with Crippen LogP contribution >= 0.6 is 0 Å². The normalized spacial score (nSPS) is 15.3. The minimum atomic E-state index is -0.145. The van der Waals surface area contributed by atoms with Crippen molar-refractivity contribution in [3.8, 4) is 0 Å². The summed E-state index contributed by atoms with van der Waals surface area (Å²) in [5, 5.41) is 0. The summed E-state index contributed by atoms with van der Waals surface area (Å²) in [7, 11) is 0. The Morgan fingerprint density at radius 2 is 0.351 bits per heavy atom. The highest BCUT2D eigenvalue weighted by Gasteiger charge is 2.63. The van der Waals surface area contributed by atoms with E-state index in [4.69, 9.17) is 0 Å². The lowest BCUT2D eigenvalue weighted by Gasteiger charge is -2.59. The van der Waals surface area contributed by atoms with E-state index >= 15 is 0 Å². The average Bonchev–Trinajstić information content (AvgIpc) is 0.633. The van der Waals surface area contributed by atoms with Crippen LogP contribution in [-0.2, 0) is 16.2 Å². The standard InChI is InChI=1S/C84H66B7N3/c1-82(2,3)49-40-58-73-59(41-49)86(53-30-18-11-19-31-53)65-47-67-79-71-77(65)92(73)76-64(85(58)52-28-16-10-17-29-52)46-66-78-70(76)91(71)72-80-68(89(56-36-24-14-25-37-56)62-44-50(83(4,5)6)42-60(74(62)93(78)80)87(66)54-32-20-12-21-33-54)48-69-81(72)94(79)75-61(88(67)55-34-22-13-23-35-55)43-51(84(7,8)9)45-63(75)90(69)57-38-26-15-27-39-57/h10-48H,1-9H3. The topological polar surface area (TPSA) is 9.72 Å². The van der Waals surface area contributed by atoms with Gasteiger partial charge in [0, 0.05) is 51.2 Å². The first-order chi connectivity index (χ1) is 45.6. The summed E-state index contributed by atoms with van der Waals surface area (Å²) in [6.45, 7) is 21.4. The molecular weight excluding hydrogens is 1130 g/mol.